The van der Waals surface area contributed by atoms with Crippen molar-refractivity contribution in [3.05, 3.63) is 65.0 Å². The molecule has 0 unspecified atom stereocenters. The van der Waals surface area contributed by atoms with Gasteiger partial charge in [-0.05, 0) is 35.4 Å². The minimum absolute atomic E-state index is 0. The third-order valence-corrected chi connectivity index (χ3v) is 3.88. The van der Waals surface area contributed by atoms with Crippen LogP contribution in [-0.4, -0.2) is 32.9 Å². The Kier molecular flexibility index (Phi) is 10.9. The number of benzene rings is 2. The summed E-state index contributed by atoms with van der Waals surface area (Å²) in [6.45, 7) is -0.287. The average molecular weight is 541 g/mol. The van der Waals surface area contributed by atoms with Crippen LogP contribution in [0.5, 0.6) is 5.75 Å². The molecule has 0 saturated heterocycles. The number of nitrogens with one attached hydrogen (secondary N) is 2. The van der Waals surface area contributed by atoms with E-state index in [9.17, 15) is 17.6 Å². The molecule has 2 rings (SSSR count). The Morgan fingerprint density at radius 3 is 2.17 bits per heavy atom. The van der Waals surface area contributed by atoms with Crippen LogP contribution in [-0.2, 0) is 24.4 Å². The van der Waals surface area contributed by atoms with Gasteiger partial charge in [-0.2, -0.15) is 13.2 Å². The van der Waals surface area contributed by atoms with E-state index in [1.165, 1.54) is 25.3 Å². The zero-order chi connectivity index (χ0) is 21.3. The molecule has 0 amide bonds. The number of aliphatic imine (C=N–C) groups is 1. The predicted molar refractivity (Wildman–Crippen MR) is 118 cm³/mol. The fourth-order valence-corrected chi connectivity index (χ4v) is 2.47. The van der Waals surface area contributed by atoms with Crippen LogP contribution in [0.15, 0.2) is 47.5 Å². The van der Waals surface area contributed by atoms with Crippen molar-refractivity contribution in [3.63, 3.8) is 0 Å². The van der Waals surface area contributed by atoms with Crippen molar-refractivity contribution >= 4 is 29.9 Å². The molecule has 0 atom stereocenters. The van der Waals surface area contributed by atoms with Crippen LogP contribution >= 0.6 is 24.0 Å². The SMILES string of the molecule is CN=C(NCc1ccc(OCC(F)(F)F)cc1)NCc1ccc(F)c(COC)c1.I. The molecule has 0 fully saturated rings. The van der Waals surface area contributed by atoms with Gasteiger partial charge in [0.1, 0.15) is 11.6 Å². The second-order valence-electron chi connectivity index (χ2n) is 6.19. The average Bonchev–Trinajstić information content (AvgIpc) is 2.69. The lowest BCUT2D eigenvalue weighted by Gasteiger charge is -2.13. The lowest BCUT2D eigenvalue weighted by molar-refractivity contribution is -0.153. The number of methoxy groups -OCH3 is 1. The van der Waals surface area contributed by atoms with Gasteiger partial charge in [0.15, 0.2) is 12.6 Å². The number of alkyl halides is 3. The van der Waals surface area contributed by atoms with Crippen LogP contribution < -0.4 is 15.4 Å². The number of guanidine groups is 1. The Morgan fingerprint density at radius 1 is 1.00 bits per heavy atom. The van der Waals surface area contributed by atoms with E-state index in [1.54, 1.807) is 31.3 Å². The van der Waals surface area contributed by atoms with E-state index in [1.807, 2.05) is 0 Å². The minimum atomic E-state index is -4.37. The minimum Gasteiger partial charge on any atom is -0.484 e. The summed E-state index contributed by atoms with van der Waals surface area (Å²) in [5.74, 6) is 0.359. The lowest BCUT2D eigenvalue weighted by Crippen LogP contribution is -2.36. The van der Waals surface area contributed by atoms with Crippen molar-refractivity contribution < 1.29 is 27.0 Å². The van der Waals surface area contributed by atoms with Crippen LogP contribution in [0.2, 0.25) is 0 Å². The summed E-state index contributed by atoms with van der Waals surface area (Å²) in [7, 11) is 3.12. The van der Waals surface area contributed by atoms with Gasteiger partial charge in [0.2, 0.25) is 0 Å². The van der Waals surface area contributed by atoms with Gasteiger partial charge >= 0.3 is 6.18 Å². The zero-order valence-corrected chi connectivity index (χ0v) is 18.9. The molecular formula is C20H24F4IN3O2. The first-order valence-corrected chi connectivity index (χ1v) is 8.80. The lowest BCUT2D eigenvalue weighted by atomic mass is 10.1. The van der Waals surface area contributed by atoms with Crippen LogP contribution in [0.3, 0.4) is 0 Å². The van der Waals surface area contributed by atoms with Crippen molar-refractivity contribution in [2.75, 3.05) is 20.8 Å². The highest BCUT2D eigenvalue weighted by atomic mass is 127. The van der Waals surface area contributed by atoms with E-state index < -0.39 is 12.8 Å². The van der Waals surface area contributed by atoms with Gasteiger partial charge in [0.05, 0.1) is 6.61 Å². The summed E-state index contributed by atoms with van der Waals surface area (Å²) < 4.78 is 59.8. The first-order chi connectivity index (χ1) is 13.8. The number of hydrogen-bond donors (Lipinski definition) is 2. The third-order valence-electron chi connectivity index (χ3n) is 3.88. The maximum absolute atomic E-state index is 13.7. The smallest absolute Gasteiger partial charge is 0.422 e. The number of ether oxygens (including phenoxy) is 2. The summed E-state index contributed by atoms with van der Waals surface area (Å²) in [5, 5.41) is 6.22. The molecule has 2 N–H and O–H groups in total. The van der Waals surface area contributed by atoms with E-state index in [4.69, 9.17) is 4.74 Å². The van der Waals surface area contributed by atoms with Gasteiger partial charge < -0.3 is 20.1 Å². The van der Waals surface area contributed by atoms with E-state index in [-0.39, 0.29) is 42.2 Å². The van der Waals surface area contributed by atoms with Crippen molar-refractivity contribution in [1.29, 1.82) is 0 Å². The van der Waals surface area contributed by atoms with Gasteiger partial charge in [0.25, 0.3) is 0 Å². The molecule has 10 heteroatoms. The van der Waals surface area contributed by atoms with Gasteiger partial charge in [0, 0.05) is 32.8 Å². The van der Waals surface area contributed by atoms with Crippen LogP contribution in [0.1, 0.15) is 16.7 Å². The monoisotopic (exact) mass is 541 g/mol. The molecule has 0 aliphatic rings. The molecule has 0 spiro atoms. The predicted octanol–water partition coefficient (Wildman–Crippen LogP) is 4.40. The van der Waals surface area contributed by atoms with Crippen molar-refractivity contribution in [1.82, 2.24) is 10.6 Å². The van der Waals surface area contributed by atoms with Crippen molar-refractivity contribution in [2.24, 2.45) is 4.99 Å². The summed E-state index contributed by atoms with van der Waals surface area (Å²) >= 11 is 0. The number of nitrogens with zero attached hydrogens (tertiary/aromatic N) is 1. The maximum Gasteiger partial charge on any atom is 0.422 e. The molecule has 0 saturated carbocycles. The second-order valence-corrected chi connectivity index (χ2v) is 6.19. The van der Waals surface area contributed by atoms with E-state index >= 15 is 0 Å². The largest absolute Gasteiger partial charge is 0.484 e. The Labute approximate surface area is 189 Å². The van der Waals surface area contributed by atoms with Crippen molar-refractivity contribution in [2.45, 2.75) is 25.9 Å². The van der Waals surface area contributed by atoms with Gasteiger partial charge in [-0.1, -0.05) is 18.2 Å². The van der Waals surface area contributed by atoms with Crippen molar-refractivity contribution in [3.8, 4) is 5.75 Å². The molecule has 166 valence electrons. The molecule has 5 nitrogen and oxygen atoms in total. The molecular weight excluding hydrogens is 517 g/mol. The van der Waals surface area contributed by atoms with Gasteiger partial charge in [-0.25, -0.2) is 4.39 Å². The molecule has 2 aromatic carbocycles. The van der Waals surface area contributed by atoms with E-state index in [0.717, 1.165) is 11.1 Å². The highest BCUT2D eigenvalue weighted by Crippen LogP contribution is 2.18. The second kappa shape index (κ2) is 12.6. The Morgan fingerprint density at radius 2 is 1.60 bits per heavy atom. The van der Waals surface area contributed by atoms with Crippen LogP contribution in [0.25, 0.3) is 0 Å². The highest BCUT2D eigenvalue weighted by Gasteiger charge is 2.28. The quantitative estimate of drug-likeness (QED) is 0.225. The first-order valence-electron chi connectivity index (χ1n) is 8.80. The molecule has 0 bridgehead atoms. The molecule has 0 aromatic heterocycles. The van der Waals surface area contributed by atoms with Crippen LogP contribution in [0.4, 0.5) is 17.6 Å². The van der Waals surface area contributed by atoms with Gasteiger partial charge in [-0.15, -0.1) is 24.0 Å². The number of halogens is 5. The number of rotatable bonds is 8. The fraction of sp³-hybridized carbons (Fsp3) is 0.350. The Hall–Kier alpha value is -2.08. The highest BCUT2D eigenvalue weighted by molar-refractivity contribution is 14.0. The molecule has 0 aliphatic heterocycles. The topological polar surface area (TPSA) is 54.9 Å². The molecule has 0 aliphatic carbocycles. The summed E-state index contributed by atoms with van der Waals surface area (Å²) in [6.07, 6.45) is -4.37. The third kappa shape index (κ3) is 9.16. The van der Waals surface area contributed by atoms with Crippen LogP contribution in [0, 0.1) is 5.82 Å². The summed E-state index contributed by atoms with van der Waals surface area (Å²) in [5.41, 5.74) is 2.19. The molecule has 0 heterocycles. The summed E-state index contributed by atoms with van der Waals surface area (Å²) in [6, 6.07) is 11.1. The maximum atomic E-state index is 13.7. The Balaban J connectivity index is 0.00000450. The fourth-order valence-electron chi connectivity index (χ4n) is 2.47. The molecule has 30 heavy (non-hydrogen) atoms. The standard InChI is InChI=1S/C20H23F4N3O2.HI/c1-25-19(27-11-15-5-8-18(21)16(9-15)12-28-2)26-10-14-3-6-17(7-4-14)29-13-20(22,23)24;/h3-9H,10-13H2,1-2H3,(H2,25,26,27);1H. The normalized spacial score (nSPS) is 11.6. The van der Waals surface area contributed by atoms with Gasteiger partial charge in [-0.3, -0.25) is 4.99 Å². The van der Waals surface area contributed by atoms with E-state index in [0.29, 0.717) is 24.6 Å². The zero-order valence-electron chi connectivity index (χ0n) is 16.6. The molecule has 2 aromatic rings. The first kappa shape index (κ1) is 26.0. The number of hydrogen-bond acceptors (Lipinski definition) is 3. The summed E-state index contributed by atoms with van der Waals surface area (Å²) in [4.78, 5) is 4.11. The van der Waals surface area contributed by atoms with E-state index in [2.05, 4.69) is 20.4 Å². The Bertz CT molecular complexity index is 815. The molecule has 0 radical (unpaired) electrons.